The average molecular weight is 726 g/mol. The molecule has 0 aliphatic rings. The van der Waals surface area contributed by atoms with Gasteiger partial charge in [0, 0.05) is 68.8 Å². The Balaban J connectivity index is 1.11. The molecule has 0 amide bonds. The van der Waals surface area contributed by atoms with Crippen LogP contribution < -0.4 is 5.73 Å². The van der Waals surface area contributed by atoms with Crippen molar-refractivity contribution in [2.45, 2.75) is 51.9 Å². The number of rotatable bonds is 14. The Kier molecular flexibility index (Phi) is 10.2. The van der Waals surface area contributed by atoms with Crippen LogP contribution in [-0.2, 0) is 26.2 Å². The van der Waals surface area contributed by atoms with E-state index >= 15 is 0 Å². The van der Waals surface area contributed by atoms with Crippen LogP contribution in [0, 0.1) is 0 Å². The molecule has 6 nitrogen and oxygen atoms in total. The fourth-order valence-corrected chi connectivity index (χ4v) is 8.06. The van der Waals surface area contributed by atoms with Gasteiger partial charge in [-0.3, -0.25) is 14.9 Å². The summed E-state index contributed by atoms with van der Waals surface area (Å²) in [5, 5.41) is 6.41. The van der Waals surface area contributed by atoms with E-state index in [-0.39, 0.29) is 0 Å². The molecule has 0 fully saturated rings. The lowest BCUT2D eigenvalue weighted by molar-refractivity contribution is 0.245. The zero-order valence-corrected chi connectivity index (χ0v) is 30.7. The largest absolute Gasteiger partial charge is 0.335 e. The number of aromatic nitrogens is 4. The minimum absolute atomic E-state index is 0.726. The Hall–Kier alpha value is -4.72. The zero-order valence-electron chi connectivity index (χ0n) is 29.2. The summed E-state index contributed by atoms with van der Waals surface area (Å²) in [6.07, 6.45) is 8.57. The van der Waals surface area contributed by atoms with Crippen molar-refractivity contribution in [1.29, 1.82) is 0 Å². The van der Waals surface area contributed by atoms with Crippen molar-refractivity contribution in [3.63, 3.8) is 0 Å². The van der Waals surface area contributed by atoms with Gasteiger partial charge in [-0.25, -0.2) is 0 Å². The van der Waals surface area contributed by atoms with Gasteiger partial charge in [-0.05, 0) is 85.6 Å². The summed E-state index contributed by atoms with van der Waals surface area (Å²) in [7, 11) is 0. The van der Waals surface area contributed by atoms with E-state index in [1.807, 2.05) is 48.8 Å². The first-order chi connectivity index (χ1) is 25.5. The van der Waals surface area contributed by atoms with Gasteiger partial charge in [0.15, 0.2) is 0 Å². The lowest BCUT2D eigenvalue weighted by Gasteiger charge is -2.22. The van der Waals surface area contributed by atoms with Crippen LogP contribution in [0.4, 0.5) is 0 Å². The molecule has 0 unspecified atom stereocenters. The van der Waals surface area contributed by atoms with Gasteiger partial charge >= 0.3 is 0 Å². The smallest absolute Gasteiger partial charge is 0.0681 e. The maximum atomic E-state index is 6.36. The highest BCUT2D eigenvalue weighted by Gasteiger charge is 2.17. The number of hydrogen-bond donors (Lipinski definition) is 1. The highest BCUT2D eigenvalue weighted by molar-refractivity contribution is 6.31. The van der Waals surface area contributed by atoms with Crippen molar-refractivity contribution in [3.8, 4) is 0 Å². The highest BCUT2D eigenvalue weighted by atomic mass is 35.5. The average Bonchev–Trinajstić information content (AvgIpc) is 3.63. The Morgan fingerprint density at radius 1 is 0.519 bits per heavy atom. The molecular formula is C44H42Cl2N6. The van der Waals surface area contributed by atoms with E-state index in [0.29, 0.717) is 0 Å². The number of nitrogens with zero attached hydrogens (tertiary/aromatic N) is 5. The third-order valence-corrected chi connectivity index (χ3v) is 10.6. The summed E-state index contributed by atoms with van der Waals surface area (Å²) in [6.45, 7) is 4.62. The van der Waals surface area contributed by atoms with Gasteiger partial charge in [0.1, 0.15) is 0 Å². The Bertz CT molecular complexity index is 2330. The fourth-order valence-electron chi connectivity index (χ4n) is 7.63. The van der Waals surface area contributed by atoms with Gasteiger partial charge in [-0.2, -0.15) is 0 Å². The van der Waals surface area contributed by atoms with Crippen molar-refractivity contribution >= 4 is 66.8 Å². The van der Waals surface area contributed by atoms with E-state index in [0.717, 1.165) is 109 Å². The Labute approximate surface area is 314 Å². The van der Waals surface area contributed by atoms with Crippen molar-refractivity contribution < 1.29 is 0 Å². The third kappa shape index (κ3) is 7.30. The number of hydrogen-bond acceptors (Lipinski definition) is 4. The van der Waals surface area contributed by atoms with E-state index < -0.39 is 0 Å². The minimum Gasteiger partial charge on any atom is -0.335 e. The van der Waals surface area contributed by atoms with Crippen molar-refractivity contribution in [2.75, 3.05) is 13.1 Å². The molecule has 4 heterocycles. The van der Waals surface area contributed by atoms with Gasteiger partial charge in [0.25, 0.3) is 0 Å². The molecule has 52 heavy (non-hydrogen) atoms. The van der Waals surface area contributed by atoms with Crippen LogP contribution in [0.1, 0.15) is 48.2 Å². The summed E-state index contributed by atoms with van der Waals surface area (Å²) >= 11 is 12.7. The van der Waals surface area contributed by atoms with Crippen LogP contribution in [0.15, 0.2) is 122 Å². The standard InChI is InChI=1S/C44H42Cl2N6/c45-33-13-9-11-31(21-33)27-51-41-17-5-3-15-37(41)39-23-35(48-25-43(39)51)29-50(20-8-2-1-7-19-47)30-36-24-40-38-16-4-6-18-42(38)52(44(40)26-49-36)28-32-12-10-14-34(46)22-32/h3-6,9-18,21-26H,1-2,7-8,19-20,27-30,47H2. The zero-order chi connectivity index (χ0) is 35.4. The van der Waals surface area contributed by atoms with Gasteiger partial charge in [-0.15, -0.1) is 0 Å². The van der Waals surface area contributed by atoms with Gasteiger partial charge in [0.2, 0.25) is 0 Å². The first-order valence-corrected chi connectivity index (χ1v) is 18.9. The number of unbranched alkanes of at least 4 members (excludes halogenated alkanes) is 3. The Morgan fingerprint density at radius 3 is 1.52 bits per heavy atom. The van der Waals surface area contributed by atoms with Crippen LogP contribution in [-0.4, -0.2) is 37.1 Å². The second-order valence-corrected chi connectivity index (χ2v) is 14.6. The molecule has 0 bridgehead atoms. The molecule has 0 radical (unpaired) electrons. The second-order valence-electron chi connectivity index (χ2n) is 13.8. The number of benzene rings is 4. The molecule has 4 aromatic carbocycles. The number of para-hydroxylation sites is 2. The molecule has 0 aliphatic heterocycles. The van der Waals surface area contributed by atoms with E-state index in [1.54, 1.807) is 0 Å². The topological polar surface area (TPSA) is 64.9 Å². The van der Waals surface area contributed by atoms with Gasteiger partial charge in [0.05, 0.1) is 34.8 Å². The molecule has 8 rings (SSSR count). The van der Waals surface area contributed by atoms with Gasteiger partial charge in [-0.1, -0.05) is 96.7 Å². The number of halogens is 2. The molecule has 2 N–H and O–H groups in total. The minimum atomic E-state index is 0.726. The third-order valence-electron chi connectivity index (χ3n) is 10.1. The van der Waals surface area contributed by atoms with Crippen LogP contribution in [0.3, 0.4) is 0 Å². The molecule has 8 heteroatoms. The number of nitrogens with two attached hydrogens (primary N) is 1. The number of pyridine rings is 2. The lowest BCUT2D eigenvalue weighted by atomic mass is 10.1. The van der Waals surface area contributed by atoms with Crippen LogP contribution in [0.25, 0.3) is 43.6 Å². The highest BCUT2D eigenvalue weighted by Crippen LogP contribution is 2.32. The summed E-state index contributed by atoms with van der Waals surface area (Å²) in [5.74, 6) is 0. The maximum Gasteiger partial charge on any atom is 0.0681 e. The molecule has 0 saturated carbocycles. The van der Waals surface area contributed by atoms with Gasteiger partial charge < -0.3 is 14.9 Å². The monoisotopic (exact) mass is 724 g/mol. The maximum absolute atomic E-state index is 6.36. The van der Waals surface area contributed by atoms with Crippen molar-refractivity contribution in [2.24, 2.45) is 5.73 Å². The molecule has 0 saturated heterocycles. The molecule has 0 aliphatic carbocycles. The van der Waals surface area contributed by atoms with Crippen LogP contribution in [0.2, 0.25) is 10.0 Å². The molecule has 8 aromatic rings. The quantitative estimate of drug-likeness (QED) is 0.113. The normalized spacial score (nSPS) is 11.9. The van der Waals surface area contributed by atoms with E-state index in [9.17, 15) is 0 Å². The Morgan fingerprint density at radius 2 is 1.02 bits per heavy atom. The second kappa shape index (κ2) is 15.5. The lowest BCUT2D eigenvalue weighted by Crippen LogP contribution is -2.25. The van der Waals surface area contributed by atoms with E-state index in [4.69, 9.17) is 38.9 Å². The number of fused-ring (bicyclic) bond motifs is 6. The SMILES string of the molecule is NCCCCCCN(Cc1cc2c3ccccc3n(Cc3cccc(Cl)c3)c2cn1)Cc1cc2c3ccccc3n(Cc3cccc(Cl)c3)c2cn1. The van der Waals surface area contributed by atoms with E-state index in [1.165, 1.54) is 32.6 Å². The van der Waals surface area contributed by atoms with Crippen LogP contribution in [0.5, 0.6) is 0 Å². The first-order valence-electron chi connectivity index (χ1n) is 18.2. The fraction of sp³-hybridized carbons (Fsp3) is 0.227. The molecule has 0 spiro atoms. The summed E-state index contributed by atoms with van der Waals surface area (Å²) < 4.78 is 4.70. The summed E-state index contributed by atoms with van der Waals surface area (Å²) in [6, 6.07) is 38.0. The van der Waals surface area contributed by atoms with E-state index in [2.05, 4.69) is 86.8 Å². The molecule has 0 atom stereocenters. The summed E-state index contributed by atoms with van der Waals surface area (Å²) in [4.78, 5) is 12.6. The predicted octanol–water partition coefficient (Wildman–Crippen LogP) is 10.6. The van der Waals surface area contributed by atoms with Crippen LogP contribution >= 0.6 is 23.2 Å². The molecule has 262 valence electrons. The molecule has 4 aromatic heterocycles. The van der Waals surface area contributed by atoms with Crippen molar-refractivity contribution in [1.82, 2.24) is 24.0 Å². The summed E-state index contributed by atoms with van der Waals surface area (Å²) in [5.41, 5.74) is 14.9. The van der Waals surface area contributed by atoms with Crippen molar-refractivity contribution in [3.05, 3.63) is 154 Å². The first kappa shape index (κ1) is 34.4. The molecular weight excluding hydrogens is 683 g/mol. The predicted molar refractivity (Wildman–Crippen MR) is 217 cm³/mol.